The summed E-state index contributed by atoms with van der Waals surface area (Å²) in [4.78, 5) is 33.0. The highest BCUT2D eigenvalue weighted by Crippen LogP contribution is 2.54. The van der Waals surface area contributed by atoms with Gasteiger partial charge in [-0.15, -0.1) is 0 Å². The van der Waals surface area contributed by atoms with E-state index in [1.54, 1.807) is 12.1 Å². The zero-order chi connectivity index (χ0) is 50.5. The van der Waals surface area contributed by atoms with Gasteiger partial charge in [-0.3, -0.25) is 14.6 Å². The fourth-order valence-electron chi connectivity index (χ4n) is 11.7. The molecule has 5 fully saturated rings. The molecule has 3 aliphatic heterocycles. The van der Waals surface area contributed by atoms with Crippen LogP contribution in [0.25, 0.3) is 11.0 Å². The zero-order valence-electron chi connectivity index (χ0n) is 41.8. The Morgan fingerprint density at radius 3 is 2.47 bits per heavy atom. The van der Waals surface area contributed by atoms with E-state index in [0.29, 0.717) is 48.5 Å². The van der Waals surface area contributed by atoms with E-state index >= 15 is 0 Å². The van der Waals surface area contributed by atoms with E-state index in [2.05, 4.69) is 77.8 Å². The summed E-state index contributed by atoms with van der Waals surface area (Å²) < 4.78 is 62.5. The van der Waals surface area contributed by atoms with Crippen LogP contribution < -0.4 is 29.5 Å². The summed E-state index contributed by atoms with van der Waals surface area (Å²) >= 11 is 0. The molecular weight excluding hydrogens is 942 g/mol. The number of hydrogen-bond acceptors (Lipinski definition) is 15. The lowest BCUT2D eigenvalue weighted by Gasteiger charge is -2.59. The van der Waals surface area contributed by atoms with Crippen LogP contribution in [0.1, 0.15) is 106 Å². The van der Waals surface area contributed by atoms with Crippen molar-refractivity contribution < 1.29 is 36.9 Å². The number of rotatable bonds is 15. The van der Waals surface area contributed by atoms with Gasteiger partial charge < -0.3 is 44.8 Å². The van der Waals surface area contributed by atoms with Crippen LogP contribution in [0.5, 0.6) is 17.4 Å². The highest BCUT2D eigenvalue weighted by Gasteiger charge is 2.50. The third-order valence-electron chi connectivity index (χ3n) is 16.2. The van der Waals surface area contributed by atoms with E-state index < -0.39 is 32.2 Å². The molecule has 6 heterocycles. The molecule has 72 heavy (non-hydrogen) atoms. The summed E-state index contributed by atoms with van der Waals surface area (Å²) in [6, 6.07) is 17.9. The van der Waals surface area contributed by atoms with Crippen molar-refractivity contribution in [1.82, 2.24) is 29.5 Å². The number of nitrogens with zero attached hydrogens (tertiary/aromatic N) is 6. The van der Waals surface area contributed by atoms with Crippen LogP contribution in [0, 0.1) is 22.4 Å². The number of fused-ring (bicyclic) bond motifs is 1. The summed E-state index contributed by atoms with van der Waals surface area (Å²) in [6.07, 6.45) is 9.40. The number of nitrogens with one attached hydrogen (secondary N) is 3. The number of methoxy groups -OCH3 is 1. The number of sulfonamides is 1. The standard InChI is InChI=1S/C53H67FN9O8S/c1-33(2)39-8-6-7-9-40(39)45-30-62(37-31-70-32-37)20-21-63(45)36-25-53(26-36)16-18-61(19-17-53)35-10-11-41(46(22-35)71-47-24-42-43(54)29-57-48(42)58-51(47)69-5)50(64)59-72(67,68)38-23-44(60(4)66)49(56-28-38)55-27-34-12-14-52(3,65)15-13-34/h6-11,22-24,28-29,33-34,36-37,45,65H,12-21,25-27,30-32H2,1-5H3,(H,55,56)(H,57,58)(H,59,64)/q-1. The summed E-state index contributed by atoms with van der Waals surface area (Å²) in [5, 5.41) is 27.0. The Balaban J connectivity index is 0.862. The Labute approximate surface area is 421 Å². The number of benzene rings is 2. The minimum absolute atomic E-state index is 0.00166. The molecule has 5 aliphatic rings. The maximum atomic E-state index is 14.9. The van der Waals surface area contributed by atoms with Crippen molar-refractivity contribution in [2.24, 2.45) is 11.3 Å². The second-order valence-electron chi connectivity index (χ2n) is 21.4. The van der Waals surface area contributed by atoms with Gasteiger partial charge in [-0.25, -0.2) is 22.5 Å². The summed E-state index contributed by atoms with van der Waals surface area (Å²) in [7, 11) is -1.96. The number of piperazine rings is 1. The average Bonchev–Trinajstić information content (AvgIpc) is 3.70. The molecule has 2 aromatic carbocycles. The van der Waals surface area contributed by atoms with Crippen molar-refractivity contribution in [2.45, 2.75) is 107 Å². The maximum absolute atomic E-state index is 14.9. The van der Waals surface area contributed by atoms with Gasteiger partial charge in [-0.1, -0.05) is 38.1 Å². The quantitative estimate of drug-likeness (QED) is 0.0737. The van der Waals surface area contributed by atoms with Gasteiger partial charge in [0.15, 0.2) is 5.75 Å². The van der Waals surface area contributed by atoms with Crippen LogP contribution in [0.4, 0.5) is 21.6 Å². The number of carbonyl (C=O) groups excluding carboxylic acids is 1. The number of hydroxylamine groups is 1. The number of pyridine rings is 2. The predicted molar refractivity (Wildman–Crippen MR) is 274 cm³/mol. The first-order chi connectivity index (χ1) is 34.5. The van der Waals surface area contributed by atoms with Gasteiger partial charge in [-0.05, 0) is 112 Å². The second-order valence-corrected chi connectivity index (χ2v) is 23.1. The van der Waals surface area contributed by atoms with Crippen LogP contribution in [-0.4, -0.2) is 129 Å². The van der Waals surface area contributed by atoms with E-state index in [4.69, 9.17) is 14.2 Å². The first-order valence-electron chi connectivity index (χ1n) is 25.4. The number of hydrogen-bond donors (Lipinski definition) is 4. The highest BCUT2D eigenvalue weighted by atomic mass is 32.2. The van der Waals surface area contributed by atoms with Crippen LogP contribution in [0.15, 0.2) is 71.9 Å². The van der Waals surface area contributed by atoms with E-state index in [0.717, 1.165) is 96.3 Å². The molecule has 3 saturated heterocycles. The third kappa shape index (κ3) is 10.2. The van der Waals surface area contributed by atoms with Crippen molar-refractivity contribution in [1.29, 1.82) is 0 Å². The van der Waals surface area contributed by atoms with Crippen LogP contribution in [0.2, 0.25) is 0 Å². The lowest BCUT2D eigenvalue weighted by atomic mass is 9.59. The molecule has 386 valence electrons. The molecule has 1 spiro atoms. The van der Waals surface area contributed by atoms with Gasteiger partial charge in [0.2, 0.25) is 0 Å². The Kier molecular flexibility index (Phi) is 13.9. The first-order valence-corrected chi connectivity index (χ1v) is 26.9. The molecule has 2 aliphatic carbocycles. The van der Waals surface area contributed by atoms with Crippen molar-refractivity contribution in [3.8, 4) is 17.4 Å². The molecule has 17 nitrogen and oxygen atoms in total. The number of aromatic amines is 1. The van der Waals surface area contributed by atoms with Gasteiger partial charge >= 0.3 is 0 Å². The molecule has 1 atom stereocenters. The maximum Gasteiger partial charge on any atom is 0.268 e. The normalized spacial score (nSPS) is 23.2. The molecule has 3 aromatic heterocycles. The van der Waals surface area contributed by atoms with Gasteiger partial charge in [0.25, 0.3) is 21.8 Å². The van der Waals surface area contributed by atoms with Crippen molar-refractivity contribution in [3.63, 3.8) is 0 Å². The van der Waals surface area contributed by atoms with E-state index in [9.17, 15) is 27.9 Å². The predicted octanol–water partition coefficient (Wildman–Crippen LogP) is 7.93. The Hall–Kier alpha value is -5.57. The number of ether oxygens (including phenoxy) is 3. The summed E-state index contributed by atoms with van der Waals surface area (Å²) in [6.45, 7) is 13.1. The largest absolute Gasteiger partial charge is 0.758 e. The van der Waals surface area contributed by atoms with Crippen LogP contribution in [0.3, 0.4) is 0 Å². The molecule has 10 rings (SSSR count). The first kappa shape index (κ1) is 50.0. The molecule has 19 heteroatoms. The fraction of sp³-hybridized carbons (Fsp3) is 0.528. The van der Waals surface area contributed by atoms with Gasteiger partial charge in [-0.2, -0.15) is 4.98 Å². The van der Waals surface area contributed by atoms with Crippen LogP contribution >= 0.6 is 0 Å². The van der Waals surface area contributed by atoms with Crippen molar-refractivity contribution in [2.75, 3.05) is 81.9 Å². The van der Waals surface area contributed by atoms with E-state index in [1.165, 1.54) is 49.7 Å². The molecule has 0 bridgehead atoms. The van der Waals surface area contributed by atoms with Gasteiger partial charge in [0.1, 0.15) is 27.9 Å². The molecule has 1 unspecified atom stereocenters. The Morgan fingerprint density at radius 2 is 1.78 bits per heavy atom. The monoisotopic (exact) mass is 1010 g/mol. The van der Waals surface area contributed by atoms with E-state index in [1.807, 2.05) is 6.92 Å². The average molecular weight is 1010 g/mol. The van der Waals surface area contributed by atoms with Crippen molar-refractivity contribution >= 4 is 44.2 Å². The molecule has 1 amide bonds. The minimum Gasteiger partial charge on any atom is -0.758 e. The number of amides is 1. The third-order valence-corrected chi connectivity index (χ3v) is 17.5. The lowest BCUT2D eigenvalue weighted by Crippen LogP contribution is -2.62. The Bertz CT molecular complexity index is 2890. The number of piperidine rings is 1. The molecule has 4 N–H and O–H groups in total. The number of anilines is 3. The summed E-state index contributed by atoms with van der Waals surface area (Å²) in [5.41, 5.74) is 3.24. The second kappa shape index (κ2) is 20.0. The molecule has 2 saturated carbocycles. The zero-order valence-corrected chi connectivity index (χ0v) is 42.6. The van der Waals surface area contributed by atoms with Gasteiger partial charge in [0, 0.05) is 81.6 Å². The number of aromatic nitrogens is 3. The summed E-state index contributed by atoms with van der Waals surface area (Å²) in [5.74, 6) is -0.663. The number of H-pyrrole nitrogens is 1. The highest BCUT2D eigenvalue weighted by molar-refractivity contribution is 7.90. The smallest absolute Gasteiger partial charge is 0.268 e. The lowest BCUT2D eigenvalue weighted by molar-refractivity contribution is -0.110. The van der Waals surface area contributed by atoms with Crippen LogP contribution in [-0.2, 0) is 14.8 Å². The minimum atomic E-state index is -4.59. The fourth-order valence-corrected chi connectivity index (χ4v) is 12.6. The van der Waals surface area contributed by atoms with Crippen molar-refractivity contribution in [3.05, 3.63) is 94.7 Å². The molecule has 0 radical (unpaired) electrons. The number of carbonyl (C=O) groups is 1. The van der Waals surface area contributed by atoms with E-state index in [-0.39, 0.29) is 56.8 Å². The number of halogens is 1. The molecule has 5 aromatic rings. The molecular formula is C53H67FN9O8S-. The SMILES string of the molecule is COc1nc2[nH]cc(F)c2cc1Oc1cc(N2CCC3(CC2)CC(N2CCN(C4COC4)CC2c2ccccc2C(C)C)C3)ccc1C(=O)NS(=O)(=O)c1cnc(NCC2CCC(C)(O)CC2)c(N(C)[O-])c1. The number of aliphatic hydroxyl groups is 1. The Morgan fingerprint density at radius 1 is 1.03 bits per heavy atom. The topological polar surface area (TPSA) is 201 Å². The van der Waals surface area contributed by atoms with Gasteiger partial charge in [0.05, 0.1) is 48.6 Å².